The summed E-state index contributed by atoms with van der Waals surface area (Å²) in [5.74, 6) is 0. The van der Waals surface area contributed by atoms with Crippen LogP contribution in [0.1, 0.15) is 25.0 Å². The molecule has 3 heterocycles. The third-order valence-corrected chi connectivity index (χ3v) is 4.27. The molecule has 0 spiro atoms. The maximum atomic E-state index is 5.92. The van der Waals surface area contributed by atoms with Crippen molar-refractivity contribution in [3.8, 4) is 0 Å². The summed E-state index contributed by atoms with van der Waals surface area (Å²) in [4.78, 5) is 9.53. The fraction of sp³-hybridized carbons (Fsp3) is 0.643. The smallest absolute Gasteiger partial charge is 0.129 e. The van der Waals surface area contributed by atoms with Gasteiger partial charge in [0.25, 0.3) is 0 Å². The first kappa shape index (κ1) is 12.4. The number of rotatable bonds is 3. The Balaban J connectivity index is 1.55. The van der Waals surface area contributed by atoms with Crippen LogP contribution in [0, 0.1) is 0 Å². The molecule has 2 fully saturated rings. The minimum absolute atomic E-state index is 0.600. The standard InChI is InChI=1S/C14H20ClN3/c15-14-5-3-4-12(16-14)10-17-9-6-13(11-17)18-7-1-2-8-18/h3-5,13H,1-2,6-11H2. The van der Waals surface area contributed by atoms with Crippen LogP contribution in [0.2, 0.25) is 5.15 Å². The van der Waals surface area contributed by atoms with Crippen LogP contribution in [0.3, 0.4) is 0 Å². The van der Waals surface area contributed by atoms with Gasteiger partial charge in [0.2, 0.25) is 0 Å². The fourth-order valence-corrected chi connectivity index (χ4v) is 3.31. The molecule has 3 nitrogen and oxygen atoms in total. The highest BCUT2D eigenvalue weighted by atomic mass is 35.5. The van der Waals surface area contributed by atoms with Crippen molar-refractivity contribution in [3.63, 3.8) is 0 Å². The third kappa shape index (κ3) is 2.85. The molecule has 1 aromatic rings. The van der Waals surface area contributed by atoms with Crippen molar-refractivity contribution in [3.05, 3.63) is 29.0 Å². The number of aromatic nitrogens is 1. The second-order valence-corrected chi connectivity index (χ2v) is 5.76. The summed E-state index contributed by atoms with van der Waals surface area (Å²) in [6.07, 6.45) is 4.07. The molecule has 3 rings (SSSR count). The van der Waals surface area contributed by atoms with Gasteiger partial charge < -0.3 is 0 Å². The molecule has 18 heavy (non-hydrogen) atoms. The monoisotopic (exact) mass is 265 g/mol. The van der Waals surface area contributed by atoms with Gasteiger partial charge >= 0.3 is 0 Å². The largest absolute Gasteiger partial charge is 0.299 e. The number of pyridine rings is 1. The molecule has 0 aliphatic carbocycles. The Bertz CT molecular complexity index is 404. The molecule has 2 aliphatic heterocycles. The Morgan fingerprint density at radius 3 is 2.83 bits per heavy atom. The minimum atomic E-state index is 0.600. The van der Waals surface area contributed by atoms with E-state index in [-0.39, 0.29) is 0 Å². The van der Waals surface area contributed by atoms with E-state index in [0.717, 1.165) is 18.3 Å². The van der Waals surface area contributed by atoms with Gasteiger partial charge in [-0.05, 0) is 44.5 Å². The Morgan fingerprint density at radius 1 is 1.22 bits per heavy atom. The summed E-state index contributed by atoms with van der Waals surface area (Å²) in [6.45, 7) is 5.91. The fourth-order valence-electron chi connectivity index (χ4n) is 3.13. The summed E-state index contributed by atoms with van der Waals surface area (Å²) >= 11 is 5.92. The van der Waals surface area contributed by atoms with Crippen molar-refractivity contribution in [1.82, 2.24) is 14.8 Å². The first-order chi connectivity index (χ1) is 8.81. The van der Waals surface area contributed by atoms with Gasteiger partial charge in [-0.25, -0.2) is 4.98 Å². The summed E-state index contributed by atoms with van der Waals surface area (Å²) in [7, 11) is 0. The lowest BCUT2D eigenvalue weighted by Gasteiger charge is -2.23. The Morgan fingerprint density at radius 2 is 2.06 bits per heavy atom. The molecule has 1 unspecified atom stereocenters. The Hall–Kier alpha value is -0.640. The molecule has 2 saturated heterocycles. The topological polar surface area (TPSA) is 19.4 Å². The van der Waals surface area contributed by atoms with E-state index in [1.807, 2.05) is 12.1 Å². The van der Waals surface area contributed by atoms with Gasteiger partial charge in [-0.15, -0.1) is 0 Å². The number of likely N-dealkylation sites (tertiary alicyclic amines) is 2. The van der Waals surface area contributed by atoms with E-state index in [9.17, 15) is 0 Å². The second kappa shape index (κ2) is 5.55. The minimum Gasteiger partial charge on any atom is -0.299 e. The van der Waals surface area contributed by atoms with Gasteiger partial charge in [-0.1, -0.05) is 17.7 Å². The van der Waals surface area contributed by atoms with Crippen LogP contribution in [-0.2, 0) is 6.54 Å². The van der Waals surface area contributed by atoms with Crippen LogP contribution < -0.4 is 0 Å². The number of hydrogen-bond donors (Lipinski definition) is 0. The Kier molecular flexibility index (Phi) is 3.83. The van der Waals surface area contributed by atoms with Crippen molar-refractivity contribution in [1.29, 1.82) is 0 Å². The van der Waals surface area contributed by atoms with Crippen molar-refractivity contribution in [2.75, 3.05) is 26.2 Å². The zero-order chi connectivity index (χ0) is 12.4. The van der Waals surface area contributed by atoms with Crippen LogP contribution in [-0.4, -0.2) is 47.0 Å². The highest BCUT2D eigenvalue weighted by molar-refractivity contribution is 6.29. The highest BCUT2D eigenvalue weighted by Gasteiger charge is 2.29. The van der Waals surface area contributed by atoms with E-state index in [0.29, 0.717) is 5.15 Å². The second-order valence-electron chi connectivity index (χ2n) is 5.37. The van der Waals surface area contributed by atoms with Crippen molar-refractivity contribution in [2.24, 2.45) is 0 Å². The molecule has 2 aliphatic rings. The summed E-state index contributed by atoms with van der Waals surface area (Å²) in [5, 5.41) is 0.600. The molecule has 0 bridgehead atoms. The van der Waals surface area contributed by atoms with Gasteiger partial charge in [0, 0.05) is 25.7 Å². The van der Waals surface area contributed by atoms with E-state index in [2.05, 4.69) is 20.9 Å². The third-order valence-electron chi connectivity index (χ3n) is 4.06. The normalized spacial score (nSPS) is 25.9. The van der Waals surface area contributed by atoms with Gasteiger partial charge in [0.05, 0.1) is 5.69 Å². The first-order valence-electron chi connectivity index (χ1n) is 6.89. The van der Waals surface area contributed by atoms with E-state index in [1.54, 1.807) is 0 Å². The number of nitrogens with zero attached hydrogens (tertiary/aromatic N) is 3. The Labute approximate surface area is 114 Å². The van der Waals surface area contributed by atoms with Gasteiger partial charge in [-0.2, -0.15) is 0 Å². The molecule has 0 aromatic carbocycles. The maximum Gasteiger partial charge on any atom is 0.129 e. The number of hydrogen-bond acceptors (Lipinski definition) is 3. The zero-order valence-electron chi connectivity index (χ0n) is 10.7. The van der Waals surface area contributed by atoms with E-state index >= 15 is 0 Å². The molecule has 1 atom stereocenters. The molecular weight excluding hydrogens is 246 g/mol. The molecule has 4 heteroatoms. The number of halogens is 1. The molecule has 0 N–H and O–H groups in total. The van der Waals surface area contributed by atoms with Crippen LogP contribution in [0.25, 0.3) is 0 Å². The molecular formula is C14H20ClN3. The van der Waals surface area contributed by atoms with Crippen LogP contribution >= 0.6 is 11.6 Å². The van der Waals surface area contributed by atoms with E-state index < -0.39 is 0 Å². The van der Waals surface area contributed by atoms with Crippen molar-refractivity contribution in [2.45, 2.75) is 31.8 Å². The zero-order valence-corrected chi connectivity index (χ0v) is 11.4. The SMILES string of the molecule is Clc1cccc(CN2CCC(N3CCCC3)C2)n1. The molecule has 1 aromatic heterocycles. The summed E-state index contributed by atoms with van der Waals surface area (Å²) in [6, 6.07) is 6.65. The lowest BCUT2D eigenvalue weighted by atomic mass is 10.2. The summed E-state index contributed by atoms with van der Waals surface area (Å²) in [5.41, 5.74) is 1.09. The van der Waals surface area contributed by atoms with Crippen LogP contribution in [0.5, 0.6) is 0 Å². The average molecular weight is 266 g/mol. The van der Waals surface area contributed by atoms with E-state index in [4.69, 9.17) is 11.6 Å². The predicted octanol–water partition coefficient (Wildman–Crippen LogP) is 2.41. The molecule has 98 valence electrons. The first-order valence-corrected chi connectivity index (χ1v) is 7.27. The van der Waals surface area contributed by atoms with Crippen LogP contribution in [0.4, 0.5) is 0 Å². The van der Waals surface area contributed by atoms with Gasteiger partial charge in [0.15, 0.2) is 0 Å². The molecule has 0 amide bonds. The lowest BCUT2D eigenvalue weighted by molar-refractivity contribution is 0.229. The predicted molar refractivity (Wildman–Crippen MR) is 73.7 cm³/mol. The van der Waals surface area contributed by atoms with Gasteiger partial charge in [0.1, 0.15) is 5.15 Å². The van der Waals surface area contributed by atoms with Crippen molar-refractivity contribution >= 4 is 11.6 Å². The maximum absolute atomic E-state index is 5.92. The van der Waals surface area contributed by atoms with Gasteiger partial charge in [-0.3, -0.25) is 9.80 Å². The summed E-state index contributed by atoms with van der Waals surface area (Å²) < 4.78 is 0. The van der Waals surface area contributed by atoms with Crippen molar-refractivity contribution < 1.29 is 0 Å². The quantitative estimate of drug-likeness (QED) is 0.783. The van der Waals surface area contributed by atoms with Crippen LogP contribution in [0.15, 0.2) is 18.2 Å². The lowest BCUT2D eigenvalue weighted by Crippen LogP contribution is -2.35. The average Bonchev–Trinajstić information content (AvgIpc) is 2.98. The highest BCUT2D eigenvalue weighted by Crippen LogP contribution is 2.21. The molecule has 0 radical (unpaired) electrons. The van der Waals surface area contributed by atoms with E-state index in [1.165, 1.54) is 45.4 Å². The molecule has 0 saturated carbocycles.